The minimum atomic E-state index is -0.657. The molecule has 0 spiro atoms. The lowest BCUT2D eigenvalue weighted by Gasteiger charge is -2.37. The topological polar surface area (TPSA) is 150 Å². The summed E-state index contributed by atoms with van der Waals surface area (Å²) in [5, 5.41) is 27.5. The SMILES string of the molecule is CC(NC(=O)c1c(N)nn2cccnc12)c1cc(Cl)c2cncn2c1N1CC(O)C[C@H](C#N)C1. The van der Waals surface area contributed by atoms with Crippen LogP contribution in [-0.2, 0) is 0 Å². The quantitative estimate of drug-likeness (QED) is 0.401. The van der Waals surface area contributed by atoms with Crippen molar-refractivity contribution in [3.05, 3.63) is 53.2 Å². The van der Waals surface area contributed by atoms with Crippen LogP contribution in [0.4, 0.5) is 11.6 Å². The maximum absolute atomic E-state index is 13.2. The molecule has 1 aliphatic rings. The smallest absolute Gasteiger partial charge is 0.259 e. The van der Waals surface area contributed by atoms with E-state index >= 15 is 0 Å². The van der Waals surface area contributed by atoms with Crippen LogP contribution in [-0.4, -0.2) is 54.2 Å². The summed E-state index contributed by atoms with van der Waals surface area (Å²) >= 11 is 6.55. The third kappa shape index (κ3) is 3.67. The van der Waals surface area contributed by atoms with Crippen LogP contribution in [0.1, 0.15) is 35.3 Å². The van der Waals surface area contributed by atoms with Crippen molar-refractivity contribution in [3.63, 3.8) is 0 Å². The van der Waals surface area contributed by atoms with Crippen molar-refractivity contribution in [2.75, 3.05) is 23.7 Å². The number of pyridine rings is 1. The Labute approximate surface area is 199 Å². The highest BCUT2D eigenvalue weighted by Crippen LogP contribution is 2.35. The molecule has 0 aromatic carbocycles. The molecule has 1 fully saturated rings. The van der Waals surface area contributed by atoms with Crippen LogP contribution in [0.2, 0.25) is 5.02 Å². The maximum Gasteiger partial charge on any atom is 0.259 e. The van der Waals surface area contributed by atoms with E-state index in [-0.39, 0.29) is 17.3 Å². The molecule has 1 amide bonds. The van der Waals surface area contributed by atoms with E-state index in [1.165, 1.54) is 4.52 Å². The van der Waals surface area contributed by atoms with E-state index in [0.29, 0.717) is 47.1 Å². The number of halogens is 1. The number of aliphatic hydroxyl groups excluding tert-OH is 1. The van der Waals surface area contributed by atoms with Crippen LogP contribution in [0.5, 0.6) is 0 Å². The Morgan fingerprint density at radius 3 is 3.06 bits per heavy atom. The largest absolute Gasteiger partial charge is 0.391 e. The Kier molecular flexibility index (Phi) is 5.47. The van der Waals surface area contributed by atoms with E-state index in [0.717, 1.165) is 0 Å². The van der Waals surface area contributed by atoms with Gasteiger partial charge < -0.3 is 21.1 Å². The van der Waals surface area contributed by atoms with Gasteiger partial charge in [0.2, 0.25) is 0 Å². The molecule has 0 aliphatic carbocycles. The molecular weight excluding hydrogens is 458 g/mol. The molecule has 4 N–H and O–H groups in total. The van der Waals surface area contributed by atoms with Gasteiger partial charge in [0.05, 0.1) is 40.9 Å². The minimum Gasteiger partial charge on any atom is -0.391 e. The van der Waals surface area contributed by atoms with E-state index in [1.807, 2.05) is 16.2 Å². The third-order valence-electron chi connectivity index (χ3n) is 6.03. The van der Waals surface area contributed by atoms with Gasteiger partial charge in [-0.05, 0) is 25.5 Å². The van der Waals surface area contributed by atoms with Gasteiger partial charge in [0.1, 0.15) is 17.7 Å². The highest BCUT2D eigenvalue weighted by atomic mass is 35.5. The average molecular weight is 480 g/mol. The Bertz CT molecular complexity index is 1440. The lowest BCUT2D eigenvalue weighted by atomic mass is 9.96. The highest BCUT2D eigenvalue weighted by Gasteiger charge is 2.31. The number of nitrogen functional groups attached to an aromatic ring is 1. The summed E-state index contributed by atoms with van der Waals surface area (Å²) in [7, 11) is 0. The number of carbonyl (C=O) groups is 1. The van der Waals surface area contributed by atoms with Gasteiger partial charge in [-0.15, -0.1) is 5.10 Å². The molecule has 0 bridgehead atoms. The molecule has 4 aromatic heterocycles. The number of nitrogens with zero attached hydrogens (tertiary/aromatic N) is 7. The predicted octanol–water partition coefficient (Wildman–Crippen LogP) is 1.81. The summed E-state index contributed by atoms with van der Waals surface area (Å²) in [6.07, 6.45) is 6.26. The first-order chi connectivity index (χ1) is 16.4. The fourth-order valence-electron chi connectivity index (χ4n) is 4.52. The van der Waals surface area contributed by atoms with Crippen molar-refractivity contribution >= 4 is 40.3 Å². The molecule has 5 heterocycles. The van der Waals surface area contributed by atoms with Crippen LogP contribution in [0.15, 0.2) is 37.1 Å². The Balaban J connectivity index is 1.55. The lowest BCUT2D eigenvalue weighted by molar-refractivity contribution is 0.0942. The Morgan fingerprint density at radius 1 is 1.44 bits per heavy atom. The van der Waals surface area contributed by atoms with Gasteiger partial charge >= 0.3 is 0 Å². The van der Waals surface area contributed by atoms with Crippen LogP contribution in [0.3, 0.4) is 0 Å². The molecule has 12 heteroatoms. The Morgan fingerprint density at radius 2 is 2.26 bits per heavy atom. The number of carbonyl (C=O) groups excluding carboxylic acids is 1. The van der Waals surface area contributed by atoms with Gasteiger partial charge in [0.15, 0.2) is 11.5 Å². The van der Waals surface area contributed by atoms with Gasteiger partial charge in [0, 0.05) is 31.0 Å². The highest BCUT2D eigenvalue weighted by molar-refractivity contribution is 6.34. The maximum atomic E-state index is 13.2. The van der Waals surface area contributed by atoms with Crippen molar-refractivity contribution in [2.45, 2.75) is 25.5 Å². The van der Waals surface area contributed by atoms with Crippen LogP contribution >= 0.6 is 11.6 Å². The number of aliphatic hydroxyl groups is 1. The normalized spacial score (nSPS) is 19.3. The number of amides is 1. The molecule has 34 heavy (non-hydrogen) atoms. The zero-order valence-corrected chi connectivity index (χ0v) is 19.0. The minimum absolute atomic E-state index is 0.0720. The van der Waals surface area contributed by atoms with Gasteiger partial charge in [0.25, 0.3) is 5.91 Å². The van der Waals surface area contributed by atoms with Crippen molar-refractivity contribution in [1.29, 1.82) is 5.26 Å². The van der Waals surface area contributed by atoms with E-state index in [4.69, 9.17) is 17.3 Å². The first-order valence-corrected chi connectivity index (χ1v) is 11.1. The van der Waals surface area contributed by atoms with E-state index < -0.39 is 18.1 Å². The average Bonchev–Trinajstić information content (AvgIpc) is 3.42. The molecule has 2 unspecified atom stereocenters. The summed E-state index contributed by atoms with van der Waals surface area (Å²) in [6.45, 7) is 2.60. The lowest BCUT2D eigenvalue weighted by Crippen LogP contribution is -2.44. The molecule has 174 valence electrons. The van der Waals surface area contributed by atoms with Gasteiger partial charge in [-0.2, -0.15) is 5.26 Å². The number of piperidine rings is 1. The molecule has 11 nitrogen and oxygen atoms in total. The number of hydrogen-bond donors (Lipinski definition) is 3. The summed E-state index contributed by atoms with van der Waals surface area (Å²) < 4.78 is 3.27. The van der Waals surface area contributed by atoms with E-state index in [1.54, 1.807) is 37.1 Å². The van der Waals surface area contributed by atoms with Gasteiger partial charge in [-0.25, -0.2) is 14.5 Å². The third-order valence-corrected chi connectivity index (χ3v) is 6.33. The molecule has 0 saturated carbocycles. The molecule has 1 aliphatic heterocycles. The number of β-amino-alcohol motifs (C(OH)–C–C–N with tert-alkyl or cyclic N) is 1. The Hall–Kier alpha value is -3.88. The molecule has 4 aromatic rings. The number of nitrogens with one attached hydrogen (secondary N) is 1. The van der Waals surface area contributed by atoms with E-state index in [9.17, 15) is 15.2 Å². The standard InChI is InChI=1S/C22H22ClN9O2/c1-12(28-21(34)18-19(25)29-32-4-2-3-27-20(18)32)15-6-16(23)17-8-26-11-31(17)22(15)30-9-13(7-24)5-14(33)10-30/h2-4,6,8,11-14,33H,5,9-10H2,1H3,(H2,25,29)(H,28,34)/t12?,13-,14?/m1/s1. The number of imidazole rings is 1. The van der Waals surface area contributed by atoms with Crippen LogP contribution < -0.4 is 16.0 Å². The van der Waals surface area contributed by atoms with Gasteiger partial charge in [-0.1, -0.05) is 11.6 Å². The molecular formula is C22H22ClN9O2. The van der Waals surface area contributed by atoms with Crippen molar-refractivity contribution in [1.82, 2.24) is 29.3 Å². The molecule has 5 rings (SSSR count). The summed E-state index contributed by atoms with van der Waals surface area (Å²) in [4.78, 5) is 23.6. The second-order valence-electron chi connectivity index (χ2n) is 8.38. The van der Waals surface area contributed by atoms with Crippen molar-refractivity contribution < 1.29 is 9.90 Å². The first kappa shape index (κ1) is 21.9. The number of aromatic nitrogens is 5. The molecule has 1 saturated heterocycles. The van der Waals surface area contributed by atoms with Crippen molar-refractivity contribution in [2.24, 2.45) is 5.92 Å². The second-order valence-corrected chi connectivity index (χ2v) is 8.79. The number of fused-ring (bicyclic) bond motifs is 2. The molecule has 3 atom stereocenters. The monoisotopic (exact) mass is 479 g/mol. The van der Waals surface area contributed by atoms with Crippen molar-refractivity contribution in [3.8, 4) is 6.07 Å². The predicted molar refractivity (Wildman–Crippen MR) is 125 cm³/mol. The number of anilines is 2. The number of hydrogen-bond acceptors (Lipinski definition) is 8. The first-order valence-electron chi connectivity index (χ1n) is 10.7. The van der Waals surface area contributed by atoms with Gasteiger partial charge in [-0.3, -0.25) is 9.20 Å². The zero-order chi connectivity index (χ0) is 24.0. The number of nitriles is 1. The number of rotatable bonds is 4. The van der Waals surface area contributed by atoms with E-state index in [2.05, 4.69) is 26.5 Å². The fraction of sp³-hybridized carbons (Fsp3) is 0.318. The van der Waals surface area contributed by atoms with Crippen LogP contribution in [0.25, 0.3) is 11.2 Å². The molecule has 0 radical (unpaired) electrons. The summed E-state index contributed by atoms with van der Waals surface area (Å²) in [5.41, 5.74) is 7.94. The second kappa shape index (κ2) is 8.48. The summed E-state index contributed by atoms with van der Waals surface area (Å²) in [5.74, 6) is 0.0119. The fourth-order valence-corrected chi connectivity index (χ4v) is 4.77. The zero-order valence-electron chi connectivity index (χ0n) is 18.3. The number of nitrogens with two attached hydrogens (primary N) is 1. The summed E-state index contributed by atoms with van der Waals surface area (Å²) in [6, 6.07) is 5.22. The van der Waals surface area contributed by atoms with Crippen LogP contribution in [0, 0.1) is 17.2 Å².